The van der Waals surface area contributed by atoms with Gasteiger partial charge in [-0.3, -0.25) is 4.79 Å². The van der Waals surface area contributed by atoms with E-state index >= 15 is 0 Å². The molecule has 0 spiro atoms. The molecule has 0 aromatic carbocycles. The maximum Gasteiger partial charge on any atom is 0.328 e. The Morgan fingerprint density at radius 1 is 1.16 bits per heavy atom. The first kappa shape index (κ1) is 16.0. The standard InChI is InChI=1S/C15H27NO3/c1-11(2)14(15(18)19-3)16-13(17)10-12-8-6-4-5-7-9-12/h11-12,14H,4-10H2,1-3H3,(H,16,17). The number of hydrogen-bond donors (Lipinski definition) is 1. The first-order valence-electron chi connectivity index (χ1n) is 7.41. The SMILES string of the molecule is COC(=O)C(NC(=O)CC1CCCCCC1)C(C)C. The summed E-state index contributed by atoms with van der Waals surface area (Å²) in [6.07, 6.45) is 7.84. The van der Waals surface area contributed by atoms with Gasteiger partial charge in [-0.25, -0.2) is 4.79 Å². The van der Waals surface area contributed by atoms with Gasteiger partial charge >= 0.3 is 5.97 Å². The molecule has 1 amide bonds. The predicted octanol–water partition coefficient (Wildman–Crippen LogP) is 2.66. The summed E-state index contributed by atoms with van der Waals surface area (Å²) in [6.45, 7) is 3.82. The average molecular weight is 269 g/mol. The number of carbonyl (C=O) groups is 2. The quantitative estimate of drug-likeness (QED) is 0.616. The molecule has 19 heavy (non-hydrogen) atoms. The van der Waals surface area contributed by atoms with Crippen LogP contribution in [0.5, 0.6) is 0 Å². The Balaban J connectivity index is 2.45. The monoisotopic (exact) mass is 269 g/mol. The van der Waals surface area contributed by atoms with Crippen molar-refractivity contribution in [3.8, 4) is 0 Å². The molecule has 0 heterocycles. The lowest BCUT2D eigenvalue weighted by Gasteiger charge is -2.21. The van der Waals surface area contributed by atoms with Crippen molar-refractivity contribution < 1.29 is 14.3 Å². The fourth-order valence-electron chi connectivity index (χ4n) is 2.69. The summed E-state index contributed by atoms with van der Waals surface area (Å²) in [7, 11) is 1.36. The molecule has 1 aliphatic carbocycles. The van der Waals surface area contributed by atoms with E-state index in [2.05, 4.69) is 5.32 Å². The van der Waals surface area contributed by atoms with Crippen molar-refractivity contribution in [3.63, 3.8) is 0 Å². The van der Waals surface area contributed by atoms with Crippen LogP contribution in [0.1, 0.15) is 58.8 Å². The molecule has 0 bridgehead atoms. The van der Waals surface area contributed by atoms with E-state index in [0.717, 1.165) is 12.8 Å². The minimum absolute atomic E-state index is 0.0176. The van der Waals surface area contributed by atoms with Crippen molar-refractivity contribution in [2.75, 3.05) is 7.11 Å². The minimum Gasteiger partial charge on any atom is -0.467 e. The summed E-state index contributed by atoms with van der Waals surface area (Å²) in [4.78, 5) is 23.6. The van der Waals surface area contributed by atoms with Gasteiger partial charge in [0.1, 0.15) is 6.04 Å². The van der Waals surface area contributed by atoms with Gasteiger partial charge in [0, 0.05) is 6.42 Å². The van der Waals surface area contributed by atoms with Crippen molar-refractivity contribution >= 4 is 11.9 Å². The molecule has 0 saturated heterocycles. The lowest BCUT2D eigenvalue weighted by atomic mass is 9.95. The first-order valence-corrected chi connectivity index (χ1v) is 7.41. The highest BCUT2D eigenvalue weighted by Crippen LogP contribution is 2.25. The molecule has 110 valence electrons. The van der Waals surface area contributed by atoms with Crippen LogP contribution in [0.15, 0.2) is 0 Å². The molecule has 1 saturated carbocycles. The van der Waals surface area contributed by atoms with E-state index in [9.17, 15) is 9.59 Å². The van der Waals surface area contributed by atoms with Gasteiger partial charge in [-0.1, -0.05) is 39.5 Å². The van der Waals surface area contributed by atoms with Gasteiger partial charge < -0.3 is 10.1 Å². The summed E-state index contributed by atoms with van der Waals surface area (Å²) < 4.78 is 4.73. The van der Waals surface area contributed by atoms with Gasteiger partial charge in [0.2, 0.25) is 5.91 Å². The molecule has 0 aromatic rings. The van der Waals surface area contributed by atoms with E-state index in [1.54, 1.807) is 0 Å². The molecule has 1 N–H and O–H groups in total. The van der Waals surface area contributed by atoms with E-state index in [1.165, 1.54) is 32.8 Å². The largest absolute Gasteiger partial charge is 0.467 e. The molecule has 4 heteroatoms. The zero-order valence-corrected chi connectivity index (χ0v) is 12.4. The molecule has 1 aliphatic rings. The average Bonchev–Trinajstić information content (AvgIpc) is 2.63. The first-order chi connectivity index (χ1) is 9.04. The molecular weight excluding hydrogens is 242 g/mol. The van der Waals surface area contributed by atoms with Gasteiger partial charge in [0.05, 0.1) is 7.11 Å². The number of nitrogens with one attached hydrogen (secondary N) is 1. The van der Waals surface area contributed by atoms with Crippen molar-refractivity contribution in [3.05, 3.63) is 0 Å². The van der Waals surface area contributed by atoms with E-state index in [1.807, 2.05) is 13.8 Å². The lowest BCUT2D eigenvalue weighted by molar-refractivity contribution is -0.146. The van der Waals surface area contributed by atoms with Crippen LogP contribution in [0.4, 0.5) is 0 Å². The van der Waals surface area contributed by atoms with Crippen molar-refractivity contribution in [2.45, 2.75) is 64.8 Å². The summed E-state index contributed by atoms with van der Waals surface area (Å²) in [5.41, 5.74) is 0. The Morgan fingerprint density at radius 3 is 2.21 bits per heavy atom. The molecule has 0 aliphatic heterocycles. The number of carbonyl (C=O) groups excluding carboxylic acids is 2. The minimum atomic E-state index is -0.525. The summed E-state index contributed by atoms with van der Waals surface area (Å²) in [6, 6.07) is -0.525. The van der Waals surface area contributed by atoms with Crippen LogP contribution < -0.4 is 5.32 Å². The maximum absolute atomic E-state index is 12.0. The van der Waals surface area contributed by atoms with E-state index < -0.39 is 6.04 Å². The highest BCUT2D eigenvalue weighted by Gasteiger charge is 2.26. The summed E-state index contributed by atoms with van der Waals surface area (Å²) >= 11 is 0. The van der Waals surface area contributed by atoms with Gasteiger partial charge in [-0.05, 0) is 24.7 Å². The molecule has 0 radical (unpaired) electrons. The van der Waals surface area contributed by atoms with Crippen molar-refractivity contribution in [1.82, 2.24) is 5.32 Å². The molecule has 1 fully saturated rings. The normalized spacial score (nSPS) is 18.7. The third kappa shape index (κ3) is 5.62. The van der Waals surface area contributed by atoms with Gasteiger partial charge in [0.25, 0.3) is 0 Å². The van der Waals surface area contributed by atoms with E-state index in [4.69, 9.17) is 4.74 Å². The summed E-state index contributed by atoms with van der Waals surface area (Å²) in [5.74, 6) is 0.152. The molecular formula is C15H27NO3. The molecule has 1 unspecified atom stereocenters. The maximum atomic E-state index is 12.0. The van der Waals surface area contributed by atoms with E-state index in [0.29, 0.717) is 12.3 Å². The second kappa shape index (κ2) is 8.18. The Kier molecular flexibility index (Phi) is 6.89. The fraction of sp³-hybridized carbons (Fsp3) is 0.867. The van der Waals surface area contributed by atoms with Gasteiger partial charge in [-0.2, -0.15) is 0 Å². The number of rotatable bonds is 5. The lowest BCUT2D eigenvalue weighted by Crippen LogP contribution is -2.45. The van der Waals surface area contributed by atoms with Crippen LogP contribution in [0.3, 0.4) is 0 Å². The van der Waals surface area contributed by atoms with Crippen LogP contribution in [0, 0.1) is 11.8 Å². The molecule has 1 atom stereocenters. The highest BCUT2D eigenvalue weighted by molar-refractivity contribution is 5.84. The zero-order valence-electron chi connectivity index (χ0n) is 12.4. The van der Waals surface area contributed by atoms with Crippen LogP contribution in [-0.2, 0) is 14.3 Å². The van der Waals surface area contributed by atoms with Crippen LogP contribution in [0.25, 0.3) is 0 Å². The Morgan fingerprint density at radius 2 is 1.74 bits per heavy atom. The van der Waals surface area contributed by atoms with Crippen LogP contribution in [-0.4, -0.2) is 25.0 Å². The Labute approximate surface area is 116 Å². The summed E-state index contributed by atoms with van der Waals surface area (Å²) in [5, 5.41) is 2.82. The molecule has 4 nitrogen and oxygen atoms in total. The van der Waals surface area contributed by atoms with Gasteiger partial charge in [-0.15, -0.1) is 0 Å². The van der Waals surface area contributed by atoms with Crippen LogP contribution in [0.2, 0.25) is 0 Å². The predicted molar refractivity (Wildman–Crippen MR) is 74.6 cm³/mol. The zero-order chi connectivity index (χ0) is 14.3. The third-order valence-corrected chi connectivity index (χ3v) is 3.89. The van der Waals surface area contributed by atoms with Crippen LogP contribution >= 0.6 is 0 Å². The number of methoxy groups -OCH3 is 1. The number of hydrogen-bond acceptors (Lipinski definition) is 3. The molecule has 0 aromatic heterocycles. The second-order valence-corrected chi connectivity index (χ2v) is 5.87. The Hall–Kier alpha value is -1.06. The smallest absolute Gasteiger partial charge is 0.328 e. The van der Waals surface area contributed by atoms with Crippen molar-refractivity contribution in [1.29, 1.82) is 0 Å². The fourth-order valence-corrected chi connectivity index (χ4v) is 2.69. The topological polar surface area (TPSA) is 55.4 Å². The molecule has 1 rings (SSSR count). The van der Waals surface area contributed by atoms with Crippen molar-refractivity contribution in [2.24, 2.45) is 11.8 Å². The number of ether oxygens (including phenoxy) is 1. The number of amides is 1. The highest BCUT2D eigenvalue weighted by atomic mass is 16.5. The second-order valence-electron chi connectivity index (χ2n) is 5.87. The van der Waals surface area contributed by atoms with Gasteiger partial charge in [0.15, 0.2) is 0 Å². The Bertz CT molecular complexity index is 294. The number of esters is 1. The third-order valence-electron chi connectivity index (χ3n) is 3.89. The van der Waals surface area contributed by atoms with E-state index in [-0.39, 0.29) is 17.8 Å².